The smallest absolute Gasteiger partial charge is 0.290 e. The van der Waals surface area contributed by atoms with Crippen molar-refractivity contribution >= 4 is 33.1 Å². The van der Waals surface area contributed by atoms with Gasteiger partial charge in [-0.3, -0.25) is 4.79 Å². The predicted molar refractivity (Wildman–Crippen MR) is 105 cm³/mol. The van der Waals surface area contributed by atoms with Crippen molar-refractivity contribution in [2.75, 3.05) is 6.54 Å². The summed E-state index contributed by atoms with van der Waals surface area (Å²) in [6.45, 7) is 11.5. The zero-order valence-electron chi connectivity index (χ0n) is 16.4. The minimum Gasteiger partial charge on any atom is -0.370 e. The van der Waals surface area contributed by atoms with Gasteiger partial charge in [-0.1, -0.05) is 13.8 Å². The first-order chi connectivity index (χ1) is 12.7. The molecule has 3 aromatic heterocycles. The molecule has 0 saturated heterocycles. The van der Waals surface area contributed by atoms with Crippen LogP contribution in [0.15, 0.2) is 0 Å². The fourth-order valence-corrected chi connectivity index (χ4v) is 4.53. The Kier molecular flexibility index (Phi) is 4.43. The average Bonchev–Trinajstić information content (AvgIpc) is 3.15. The predicted octanol–water partition coefficient (Wildman–Crippen LogP) is 3.27. The molecule has 0 radical (unpaired) electrons. The molecule has 4 heterocycles. The van der Waals surface area contributed by atoms with E-state index in [-0.39, 0.29) is 17.3 Å². The first-order valence-electron chi connectivity index (χ1n) is 9.35. The summed E-state index contributed by atoms with van der Waals surface area (Å²) in [4.78, 5) is 23.9. The Balaban J connectivity index is 1.78. The highest BCUT2D eigenvalue weighted by atomic mass is 32.1. The average molecular weight is 388 g/mol. The van der Waals surface area contributed by atoms with Crippen LogP contribution in [0.1, 0.15) is 61.0 Å². The van der Waals surface area contributed by atoms with E-state index in [4.69, 9.17) is 9.72 Å². The quantitative estimate of drug-likeness (QED) is 0.743. The second-order valence-corrected chi connectivity index (χ2v) is 9.26. The molecule has 0 unspecified atom stereocenters. The summed E-state index contributed by atoms with van der Waals surface area (Å²) in [5.74, 6) is 1.22. The molecule has 1 aliphatic rings. The van der Waals surface area contributed by atoms with Crippen molar-refractivity contribution in [3.63, 3.8) is 0 Å². The fraction of sp³-hybridized carbons (Fsp3) is 0.579. The number of fused-ring (bicyclic) bond motifs is 5. The Hall–Kier alpha value is -2.06. The van der Waals surface area contributed by atoms with Crippen molar-refractivity contribution in [3.8, 4) is 0 Å². The summed E-state index contributed by atoms with van der Waals surface area (Å²) in [7, 11) is 0. The van der Waals surface area contributed by atoms with Gasteiger partial charge in [-0.2, -0.15) is 4.52 Å². The van der Waals surface area contributed by atoms with E-state index in [1.807, 2.05) is 6.92 Å². The number of hydrogen-bond donors (Lipinski definition) is 1. The second kappa shape index (κ2) is 6.53. The van der Waals surface area contributed by atoms with E-state index in [9.17, 15) is 4.79 Å². The molecule has 0 aliphatic carbocycles. The molecule has 8 heteroatoms. The van der Waals surface area contributed by atoms with E-state index in [2.05, 4.69) is 43.1 Å². The highest BCUT2D eigenvalue weighted by Crippen LogP contribution is 2.39. The van der Waals surface area contributed by atoms with E-state index in [1.54, 1.807) is 15.9 Å². The van der Waals surface area contributed by atoms with Gasteiger partial charge in [0.1, 0.15) is 10.7 Å². The maximum absolute atomic E-state index is 12.5. The molecule has 4 rings (SSSR count). The van der Waals surface area contributed by atoms with Gasteiger partial charge in [0.05, 0.1) is 17.6 Å². The number of amides is 1. The van der Waals surface area contributed by atoms with Crippen LogP contribution in [0.3, 0.4) is 0 Å². The van der Waals surface area contributed by atoms with Crippen molar-refractivity contribution < 1.29 is 9.53 Å². The molecule has 0 bridgehead atoms. The molecule has 0 atom stereocenters. The summed E-state index contributed by atoms with van der Waals surface area (Å²) >= 11 is 1.65. The summed E-state index contributed by atoms with van der Waals surface area (Å²) in [6.07, 6.45) is 1.72. The SMILES string of the molecule is Cc1nc2sc3c(c2c2nc(C(=O)NCCC(C)C)nn12)CC(C)(C)OC3. The van der Waals surface area contributed by atoms with Crippen molar-refractivity contribution in [2.45, 2.75) is 59.7 Å². The number of aryl methyl sites for hydroxylation is 1. The number of hydrogen-bond acceptors (Lipinski definition) is 6. The van der Waals surface area contributed by atoms with Crippen LogP contribution < -0.4 is 5.32 Å². The zero-order chi connectivity index (χ0) is 19.3. The second-order valence-electron chi connectivity index (χ2n) is 8.18. The molecular weight excluding hydrogens is 362 g/mol. The third-order valence-corrected chi connectivity index (χ3v) is 5.98. The molecule has 7 nitrogen and oxygen atoms in total. The lowest BCUT2D eigenvalue weighted by Crippen LogP contribution is -2.31. The molecule has 144 valence electrons. The minimum absolute atomic E-state index is 0.197. The Morgan fingerprint density at radius 1 is 1.37 bits per heavy atom. The molecule has 0 spiro atoms. The van der Waals surface area contributed by atoms with Gasteiger partial charge in [-0.15, -0.1) is 16.4 Å². The van der Waals surface area contributed by atoms with Crippen LogP contribution >= 0.6 is 11.3 Å². The molecule has 0 fully saturated rings. The lowest BCUT2D eigenvalue weighted by Gasteiger charge is -2.30. The van der Waals surface area contributed by atoms with Crippen LogP contribution in [0.2, 0.25) is 0 Å². The zero-order valence-corrected chi connectivity index (χ0v) is 17.2. The van der Waals surface area contributed by atoms with Crippen molar-refractivity contribution in [3.05, 3.63) is 22.1 Å². The Bertz CT molecular complexity index is 1030. The van der Waals surface area contributed by atoms with E-state index in [1.165, 1.54) is 10.4 Å². The summed E-state index contributed by atoms with van der Waals surface area (Å²) < 4.78 is 7.64. The number of carbonyl (C=O) groups excluding carboxylic acids is 1. The standard InChI is InChI=1S/C19H25N5O2S/c1-10(2)6-7-20-17(25)15-22-16-14-12-8-19(4,5)26-9-13(12)27-18(14)21-11(3)24(16)23-15/h10H,6-9H2,1-5H3,(H,20,25). The monoisotopic (exact) mass is 387 g/mol. The number of rotatable bonds is 4. The number of aromatic nitrogens is 4. The minimum atomic E-state index is -0.236. The maximum atomic E-state index is 12.5. The van der Waals surface area contributed by atoms with Crippen molar-refractivity contribution in [1.29, 1.82) is 0 Å². The van der Waals surface area contributed by atoms with Crippen LogP contribution in [-0.4, -0.2) is 37.6 Å². The summed E-state index contributed by atoms with van der Waals surface area (Å²) in [5, 5.41) is 8.35. The Labute approximate surface area is 162 Å². The van der Waals surface area contributed by atoms with Gasteiger partial charge < -0.3 is 10.1 Å². The van der Waals surface area contributed by atoms with Crippen LogP contribution in [0, 0.1) is 12.8 Å². The Morgan fingerprint density at radius 3 is 2.89 bits per heavy atom. The van der Waals surface area contributed by atoms with Gasteiger partial charge in [0.25, 0.3) is 5.91 Å². The first-order valence-corrected chi connectivity index (χ1v) is 10.2. The van der Waals surface area contributed by atoms with E-state index in [0.29, 0.717) is 24.7 Å². The van der Waals surface area contributed by atoms with Gasteiger partial charge in [0.2, 0.25) is 5.82 Å². The number of thiophene rings is 1. The lowest BCUT2D eigenvalue weighted by molar-refractivity contribution is -0.0379. The topological polar surface area (TPSA) is 81.4 Å². The molecular formula is C19H25N5O2S. The van der Waals surface area contributed by atoms with Crippen LogP contribution in [0.5, 0.6) is 0 Å². The highest BCUT2D eigenvalue weighted by Gasteiger charge is 2.31. The Morgan fingerprint density at radius 2 is 2.15 bits per heavy atom. The molecule has 1 amide bonds. The molecule has 1 N–H and O–H groups in total. The van der Waals surface area contributed by atoms with Crippen LogP contribution in [-0.2, 0) is 17.8 Å². The maximum Gasteiger partial charge on any atom is 0.290 e. The molecule has 0 aromatic carbocycles. The van der Waals surface area contributed by atoms with Gasteiger partial charge in [0.15, 0.2) is 5.65 Å². The first kappa shape index (κ1) is 18.3. The molecule has 3 aromatic rings. The van der Waals surface area contributed by atoms with Gasteiger partial charge >= 0.3 is 0 Å². The van der Waals surface area contributed by atoms with Crippen LogP contribution in [0.4, 0.5) is 0 Å². The number of nitrogens with one attached hydrogen (secondary N) is 1. The number of nitrogens with zero attached hydrogens (tertiary/aromatic N) is 4. The normalized spacial score (nSPS) is 16.2. The van der Waals surface area contributed by atoms with Gasteiger partial charge in [-0.25, -0.2) is 9.97 Å². The summed E-state index contributed by atoms with van der Waals surface area (Å²) in [6, 6.07) is 0. The lowest BCUT2D eigenvalue weighted by atomic mass is 9.94. The molecule has 0 saturated carbocycles. The van der Waals surface area contributed by atoms with E-state index in [0.717, 1.165) is 28.9 Å². The third-order valence-electron chi connectivity index (χ3n) is 4.88. The fourth-order valence-electron chi connectivity index (χ4n) is 3.39. The van der Waals surface area contributed by atoms with Gasteiger partial charge in [-0.05, 0) is 38.7 Å². The van der Waals surface area contributed by atoms with Crippen molar-refractivity contribution in [1.82, 2.24) is 24.9 Å². The number of carbonyl (C=O) groups is 1. The largest absolute Gasteiger partial charge is 0.370 e. The van der Waals surface area contributed by atoms with Gasteiger partial charge in [0, 0.05) is 17.8 Å². The molecule has 1 aliphatic heterocycles. The molecule has 27 heavy (non-hydrogen) atoms. The highest BCUT2D eigenvalue weighted by molar-refractivity contribution is 7.19. The third kappa shape index (κ3) is 3.32. The number of ether oxygens (including phenoxy) is 1. The van der Waals surface area contributed by atoms with E-state index >= 15 is 0 Å². The van der Waals surface area contributed by atoms with Crippen LogP contribution in [0.25, 0.3) is 15.9 Å². The van der Waals surface area contributed by atoms with E-state index < -0.39 is 0 Å². The summed E-state index contributed by atoms with van der Waals surface area (Å²) in [5.41, 5.74) is 1.71. The van der Waals surface area contributed by atoms with Crippen molar-refractivity contribution in [2.24, 2.45) is 5.92 Å².